The standard InChI is InChI=1S/C22H19F3N8O/c23-22(24,25)10-27-20(34)14-9-33-18(19(26)28-11-29-33)17(14)12-5-7-13(8-6-12)30-21-31-15-3-1-2-4-16(15)32-21/h1-9,11,21,30-32H,10H2,(H,27,34)(H2,26,28,29). The SMILES string of the molecule is Nc1ncnn2cc(C(=O)NCC(F)(F)F)c(-c3ccc(NC4Nc5ccccc5N4)cc3)c12. The summed E-state index contributed by atoms with van der Waals surface area (Å²) in [5, 5.41) is 15.9. The molecule has 12 heteroatoms. The molecule has 0 fully saturated rings. The van der Waals surface area contributed by atoms with Crippen LogP contribution in [-0.2, 0) is 0 Å². The van der Waals surface area contributed by atoms with Crippen LogP contribution in [0.25, 0.3) is 16.6 Å². The second-order valence-corrected chi connectivity index (χ2v) is 7.64. The number of alkyl halides is 3. The van der Waals surface area contributed by atoms with Gasteiger partial charge in [-0.05, 0) is 29.8 Å². The highest BCUT2D eigenvalue weighted by Gasteiger charge is 2.29. The lowest BCUT2D eigenvalue weighted by atomic mass is 10.0. The maximum absolute atomic E-state index is 12.6. The molecule has 2 aromatic heterocycles. The van der Waals surface area contributed by atoms with Gasteiger partial charge in [0, 0.05) is 17.4 Å². The van der Waals surface area contributed by atoms with Crippen molar-refractivity contribution in [3.05, 3.63) is 66.6 Å². The Morgan fingerprint density at radius 2 is 1.76 bits per heavy atom. The van der Waals surface area contributed by atoms with Crippen LogP contribution in [0.3, 0.4) is 0 Å². The highest BCUT2D eigenvalue weighted by atomic mass is 19.4. The third kappa shape index (κ3) is 4.12. The maximum atomic E-state index is 12.6. The summed E-state index contributed by atoms with van der Waals surface area (Å²) in [5.74, 6) is -0.796. The number of amides is 1. The molecule has 34 heavy (non-hydrogen) atoms. The lowest BCUT2D eigenvalue weighted by molar-refractivity contribution is -0.123. The fourth-order valence-electron chi connectivity index (χ4n) is 3.83. The molecule has 0 radical (unpaired) electrons. The number of para-hydroxylation sites is 2. The summed E-state index contributed by atoms with van der Waals surface area (Å²) in [4.78, 5) is 16.6. The Balaban J connectivity index is 1.43. The third-order valence-electron chi connectivity index (χ3n) is 5.31. The van der Waals surface area contributed by atoms with E-state index in [2.05, 4.69) is 26.0 Å². The molecule has 9 nitrogen and oxygen atoms in total. The van der Waals surface area contributed by atoms with Gasteiger partial charge in [0.25, 0.3) is 5.91 Å². The van der Waals surface area contributed by atoms with Crippen molar-refractivity contribution in [3.63, 3.8) is 0 Å². The predicted molar refractivity (Wildman–Crippen MR) is 122 cm³/mol. The molecule has 1 amide bonds. The molecule has 6 N–H and O–H groups in total. The van der Waals surface area contributed by atoms with Gasteiger partial charge in [-0.25, -0.2) is 9.50 Å². The Kier molecular flexibility index (Phi) is 5.11. The van der Waals surface area contributed by atoms with Gasteiger partial charge in [0.2, 0.25) is 0 Å². The van der Waals surface area contributed by atoms with Gasteiger partial charge >= 0.3 is 6.18 Å². The van der Waals surface area contributed by atoms with Gasteiger partial charge in [0.05, 0.1) is 16.9 Å². The zero-order chi connectivity index (χ0) is 23.9. The first-order chi connectivity index (χ1) is 16.3. The number of fused-ring (bicyclic) bond motifs is 2. The van der Waals surface area contributed by atoms with Crippen molar-refractivity contribution in [1.29, 1.82) is 0 Å². The van der Waals surface area contributed by atoms with Crippen LogP contribution in [0, 0.1) is 0 Å². The highest BCUT2D eigenvalue weighted by Crippen LogP contribution is 2.34. The molecule has 0 spiro atoms. The molecule has 1 aliphatic rings. The Hall–Kier alpha value is -4.48. The van der Waals surface area contributed by atoms with Crippen LogP contribution in [-0.4, -0.2) is 39.5 Å². The van der Waals surface area contributed by atoms with Crippen LogP contribution in [0.2, 0.25) is 0 Å². The van der Waals surface area contributed by atoms with Gasteiger partial charge in [0.1, 0.15) is 18.4 Å². The second kappa shape index (κ2) is 8.14. The first-order valence-corrected chi connectivity index (χ1v) is 10.2. The van der Waals surface area contributed by atoms with Gasteiger partial charge in [-0.15, -0.1) is 0 Å². The van der Waals surface area contributed by atoms with Crippen molar-refractivity contribution in [2.75, 3.05) is 28.2 Å². The minimum atomic E-state index is -4.54. The number of hydrogen-bond acceptors (Lipinski definition) is 7. The van der Waals surface area contributed by atoms with Gasteiger partial charge < -0.3 is 27.0 Å². The van der Waals surface area contributed by atoms with Crippen LogP contribution in [0.15, 0.2) is 61.1 Å². The molecule has 0 unspecified atom stereocenters. The van der Waals surface area contributed by atoms with Gasteiger partial charge in [-0.1, -0.05) is 24.3 Å². The largest absolute Gasteiger partial charge is 0.405 e. The van der Waals surface area contributed by atoms with E-state index in [0.717, 1.165) is 17.1 Å². The van der Waals surface area contributed by atoms with Crippen LogP contribution in [0.1, 0.15) is 10.4 Å². The molecule has 0 saturated carbocycles. The summed E-state index contributed by atoms with van der Waals surface area (Å²) in [6, 6.07) is 14.9. The number of carbonyl (C=O) groups is 1. The number of nitrogens with two attached hydrogens (primary N) is 1. The summed E-state index contributed by atoms with van der Waals surface area (Å²) in [5.41, 5.74) is 9.99. The molecular formula is C22H19F3N8O. The van der Waals surface area contributed by atoms with Crippen LogP contribution >= 0.6 is 0 Å². The lowest BCUT2D eigenvalue weighted by Gasteiger charge is -2.16. The number of nitrogen functional groups attached to an aromatic ring is 1. The molecule has 2 aromatic carbocycles. The van der Waals surface area contributed by atoms with E-state index in [1.54, 1.807) is 24.3 Å². The fourth-order valence-corrected chi connectivity index (χ4v) is 3.83. The van der Waals surface area contributed by atoms with Crippen molar-refractivity contribution in [2.24, 2.45) is 0 Å². The van der Waals surface area contributed by atoms with Crippen molar-refractivity contribution < 1.29 is 18.0 Å². The van der Waals surface area contributed by atoms with Crippen LogP contribution in [0.4, 0.5) is 36.1 Å². The summed E-state index contributed by atoms with van der Waals surface area (Å²) in [6.07, 6.45) is -2.23. The van der Waals surface area contributed by atoms with E-state index in [1.807, 2.05) is 29.6 Å². The van der Waals surface area contributed by atoms with Gasteiger partial charge in [-0.2, -0.15) is 18.3 Å². The normalized spacial score (nSPS) is 13.3. The van der Waals surface area contributed by atoms with E-state index in [-0.39, 0.29) is 17.7 Å². The molecule has 1 aliphatic heterocycles. The molecule has 5 rings (SSSR count). The van der Waals surface area contributed by atoms with Gasteiger partial charge in [-0.3, -0.25) is 4.79 Å². The van der Waals surface area contributed by atoms with Crippen molar-refractivity contribution in [3.8, 4) is 11.1 Å². The average molecular weight is 468 g/mol. The molecule has 0 aliphatic carbocycles. The second-order valence-electron chi connectivity index (χ2n) is 7.64. The smallest absolute Gasteiger partial charge is 0.382 e. The third-order valence-corrected chi connectivity index (χ3v) is 5.31. The lowest BCUT2D eigenvalue weighted by Crippen LogP contribution is -2.33. The summed E-state index contributed by atoms with van der Waals surface area (Å²) in [6.45, 7) is -1.45. The number of aromatic nitrogens is 3. The number of nitrogens with one attached hydrogen (secondary N) is 4. The quantitative estimate of drug-likeness (QED) is 0.304. The summed E-state index contributed by atoms with van der Waals surface area (Å²) < 4.78 is 39.3. The van der Waals surface area contributed by atoms with Gasteiger partial charge in [0.15, 0.2) is 12.1 Å². The molecule has 3 heterocycles. The average Bonchev–Trinajstić information content (AvgIpc) is 3.39. The maximum Gasteiger partial charge on any atom is 0.405 e. The van der Waals surface area contributed by atoms with Crippen molar-refractivity contribution in [2.45, 2.75) is 12.5 Å². The number of halogens is 3. The first kappa shape index (κ1) is 21.4. The highest BCUT2D eigenvalue weighted by molar-refractivity contribution is 6.07. The monoisotopic (exact) mass is 468 g/mol. The predicted octanol–water partition coefficient (Wildman–Crippen LogP) is 3.50. The van der Waals surface area contributed by atoms with E-state index in [9.17, 15) is 18.0 Å². The minimum Gasteiger partial charge on any atom is -0.382 e. The molecular weight excluding hydrogens is 449 g/mol. The molecule has 174 valence electrons. The van der Waals surface area contributed by atoms with E-state index in [4.69, 9.17) is 5.73 Å². The topological polar surface area (TPSA) is 121 Å². The number of hydrogen-bond donors (Lipinski definition) is 5. The number of rotatable bonds is 5. The molecule has 0 atom stereocenters. The van der Waals surface area contributed by atoms with E-state index in [0.29, 0.717) is 16.6 Å². The summed E-state index contributed by atoms with van der Waals surface area (Å²) in [7, 11) is 0. The van der Waals surface area contributed by atoms with Crippen LogP contribution in [0.5, 0.6) is 0 Å². The van der Waals surface area contributed by atoms with Crippen molar-refractivity contribution >= 4 is 34.3 Å². The van der Waals surface area contributed by atoms with E-state index >= 15 is 0 Å². The Labute approximate surface area is 191 Å². The number of anilines is 4. The number of benzene rings is 2. The van der Waals surface area contributed by atoms with E-state index in [1.165, 1.54) is 17.0 Å². The Morgan fingerprint density at radius 3 is 2.41 bits per heavy atom. The van der Waals surface area contributed by atoms with Crippen molar-refractivity contribution in [1.82, 2.24) is 19.9 Å². The zero-order valence-corrected chi connectivity index (χ0v) is 17.5. The number of nitrogens with zero attached hydrogens (tertiary/aromatic N) is 3. The Morgan fingerprint density at radius 1 is 1.09 bits per heavy atom. The Bertz CT molecular complexity index is 1340. The fraction of sp³-hybridized carbons (Fsp3) is 0.136. The number of carbonyl (C=O) groups excluding carboxylic acids is 1. The van der Waals surface area contributed by atoms with Crippen LogP contribution < -0.4 is 27.0 Å². The van der Waals surface area contributed by atoms with E-state index < -0.39 is 18.6 Å². The first-order valence-electron chi connectivity index (χ1n) is 10.2. The zero-order valence-electron chi connectivity index (χ0n) is 17.5. The molecule has 0 saturated heterocycles. The summed E-state index contributed by atoms with van der Waals surface area (Å²) >= 11 is 0. The minimum absolute atomic E-state index is 0.00624. The molecule has 4 aromatic rings. The molecule has 0 bridgehead atoms.